The van der Waals surface area contributed by atoms with Crippen molar-refractivity contribution in [2.24, 2.45) is 0 Å². The van der Waals surface area contributed by atoms with Crippen LogP contribution >= 0.6 is 0 Å². The molecule has 3 heterocycles. The van der Waals surface area contributed by atoms with Crippen LogP contribution in [0, 0.1) is 6.92 Å². The molecule has 156 valence electrons. The fourth-order valence-corrected chi connectivity index (χ4v) is 4.89. The van der Waals surface area contributed by atoms with E-state index < -0.39 is 10.0 Å². The summed E-state index contributed by atoms with van der Waals surface area (Å²) in [5.74, 6) is 2.09. The summed E-state index contributed by atoms with van der Waals surface area (Å²) in [5.41, 5.74) is 1.72. The van der Waals surface area contributed by atoms with E-state index >= 15 is 0 Å². The Balaban J connectivity index is 1.34. The molecule has 0 unspecified atom stereocenters. The second kappa shape index (κ2) is 8.76. The highest BCUT2D eigenvalue weighted by Crippen LogP contribution is 2.19. The summed E-state index contributed by atoms with van der Waals surface area (Å²) in [4.78, 5) is 6.44. The molecule has 0 bridgehead atoms. The highest BCUT2D eigenvalue weighted by atomic mass is 32.2. The van der Waals surface area contributed by atoms with Gasteiger partial charge in [-0.05, 0) is 36.8 Å². The van der Waals surface area contributed by atoms with Crippen LogP contribution in [0.4, 0.5) is 17.5 Å². The second-order valence-corrected chi connectivity index (χ2v) is 9.16. The average Bonchev–Trinajstić information content (AvgIpc) is 2.75. The molecule has 0 aliphatic carbocycles. The number of nitrogens with zero attached hydrogens (tertiary/aromatic N) is 5. The van der Waals surface area contributed by atoms with E-state index in [0.717, 1.165) is 17.1 Å². The lowest BCUT2D eigenvalue weighted by Gasteiger charge is -2.34. The number of nitrogens with one attached hydrogen (secondary N) is 1. The summed E-state index contributed by atoms with van der Waals surface area (Å²) in [5, 5.41) is 11.7. The fourth-order valence-electron chi connectivity index (χ4n) is 3.38. The largest absolute Gasteiger partial charge is 0.352 e. The van der Waals surface area contributed by atoms with Crippen LogP contribution in [0.15, 0.2) is 60.7 Å². The zero-order valence-electron chi connectivity index (χ0n) is 16.8. The van der Waals surface area contributed by atoms with Crippen molar-refractivity contribution in [2.75, 3.05) is 36.4 Å². The Hall–Kier alpha value is -3.04. The van der Waals surface area contributed by atoms with Crippen molar-refractivity contribution in [2.45, 2.75) is 12.7 Å². The predicted octanol–water partition coefficient (Wildman–Crippen LogP) is 2.58. The number of hydrogen-bond donors (Lipinski definition) is 1. The van der Waals surface area contributed by atoms with E-state index in [1.54, 1.807) is 4.31 Å². The number of benzene rings is 1. The standard InChI is InChI=1S/C21H24N6O2S/c1-17-6-5-9-19(22-17)23-20-10-11-21(25-24-20)26-12-14-27(15-13-26)30(28,29)16-18-7-3-2-4-8-18/h2-11H,12-16H2,1H3,(H,22,23,24). The van der Waals surface area contributed by atoms with Crippen LogP contribution in [-0.4, -0.2) is 54.1 Å². The lowest BCUT2D eigenvalue weighted by molar-refractivity contribution is 0.383. The minimum absolute atomic E-state index is 0.0288. The lowest BCUT2D eigenvalue weighted by atomic mass is 10.2. The Morgan fingerprint density at radius 3 is 2.30 bits per heavy atom. The molecule has 4 rings (SSSR count). The van der Waals surface area contributed by atoms with Crippen LogP contribution in [-0.2, 0) is 15.8 Å². The smallest absolute Gasteiger partial charge is 0.218 e. The molecule has 1 N–H and O–H groups in total. The Labute approximate surface area is 176 Å². The Morgan fingerprint density at radius 1 is 0.867 bits per heavy atom. The number of piperazine rings is 1. The maximum Gasteiger partial charge on any atom is 0.218 e. The van der Waals surface area contributed by atoms with Gasteiger partial charge >= 0.3 is 0 Å². The second-order valence-electron chi connectivity index (χ2n) is 7.19. The van der Waals surface area contributed by atoms with Crippen LogP contribution in [0.5, 0.6) is 0 Å². The van der Waals surface area contributed by atoms with Gasteiger partial charge in [0.15, 0.2) is 11.6 Å². The molecule has 1 aliphatic heterocycles. The minimum atomic E-state index is -3.33. The minimum Gasteiger partial charge on any atom is -0.352 e. The Kier molecular flexibility index (Phi) is 5.91. The van der Waals surface area contributed by atoms with E-state index in [0.29, 0.717) is 37.8 Å². The molecule has 0 radical (unpaired) electrons. The molecule has 0 saturated carbocycles. The average molecular weight is 425 g/mol. The van der Waals surface area contributed by atoms with Gasteiger partial charge in [-0.1, -0.05) is 36.4 Å². The van der Waals surface area contributed by atoms with Crippen molar-refractivity contribution >= 4 is 27.5 Å². The van der Waals surface area contributed by atoms with Gasteiger partial charge in [0.25, 0.3) is 0 Å². The van der Waals surface area contributed by atoms with Crippen molar-refractivity contribution in [1.29, 1.82) is 0 Å². The molecule has 9 heteroatoms. The van der Waals surface area contributed by atoms with Gasteiger partial charge < -0.3 is 10.2 Å². The van der Waals surface area contributed by atoms with E-state index in [1.165, 1.54) is 0 Å². The summed E-state index contributed by atoms with van der Waals surface area (Å²) in [7, 11) is -3.33. The van der Waals surface area contributed by atoms with E-state index in [-0.39, 0.29) is 5.75 Å². The molecule has 1 aliphatic rings. The molecule has 1 saturated heterocycles. The summed E-state index contributed by atoms with van der Waals surface area (Å²) in [6.45, 7) is 3.96. The van der Waals surface area contributed by atoms with Gasteiger partial charge in [-0.2, -0.15) is 4.31 Å². The van der Waals surface area contributed by atoms with Crippen LogP contribution in [0.1, 0.15) is 11.3 Å². The SMILES string of the molecule is Cc1cccc(Nc2ccc(N3CCN(S(=O)(=O)Cc4ccccc4)CC3)nn2)n1. The van der Waals surface area contributed by atoms with E-state index in [4.69, 9.17) is 0 Å². The number of rotatable bonds is 6. The monoisotopic (exact) mass is 424 g/mol. The first-order valence-corrected chi connectivity index (χ1v) is 11.4. The normalized spacial score (nSPS) is 15.2. The first kappa shape index (κ1) is 20.2. The van der Waals surface area contributed by atoms with Crippen molar-refractivity contribution in [3.8, 4) is 0 Å². The van der Waals surface area contributed by atoms with Crippen molar-refractivity contribution < 1.29 is 8.42 Å². The van der Waals surface area contributed by atoms with Crippen LogP contribution in [0.3, 0.4) is 0 Å². The lowest BCUT2D eigenvalue weighted by Crippen LogP contribution is -2.49. The first-order chi connectivity index (χ1) is 14.5. The van der Waals surface area contributed by atoms with E-state index in [1.807, 2.05) is 67.6 Å². The molecule has 0 atom stereocenters. The predicted molar refractivity (Wildman–Crippen MR) is 117 cm³/mol. The molecule has 8 nitrogen and oxygen atoms in total. The first-order valence-electron chi connectivity index (χ1n) is 9.81. The highest BCUT2D eigenvalue weighted by molar-refractivity contribution is 7.88. The number of sulfonamides is 1. The van der Waals surface area contributed by atoms with E-state index in [9.17, 15) is 8.42 Å². The maximum atomic E-state index is 12.7. The molecule has 2 aromatic heterocycles. The van der Waals surface area contributed by atoms with Gasteiger partial charge in [0.1, 0.15) is 5.82 Å². The van der Waals surface area contributed by atoms with Gasteiger partial charge in [0.05, 0.1) is 5.75 Å². The number of anilines is 3. The maximum absolute atomic E-state index is 12.7. The van der Waals surface area contributed by atoms with Gasteiger partial charge in [-0.3, -0.25) is 0 Å². The van der Waals surface area contributed by atoms with Crippen LogP contribution < -0.4 is 10.2 Å². The topological polar surface area (TPSA) is 91.3 Å². The third-order valence-electron chi connectivity index (χ3n) is 4.94. The summed E-state index contributed by atoms with van der Waals surface area (Å²) >= 11 is 0. The highest BCUT2D eigenvalue weighted by Gasteiger charge is 2.27. The number of hydrogen-bond acceptors (Lipinski definition) is 7. The molecule has 30 heavy (non-hydrogen) atoms. The fraction of sp³-hybridized carbons (Fsp3) is 0.286. The summed E-state index contributed by atoms with van der Waals surface area (Å²) in [6.07, 6.45) is 0. The van der Waals surface area contributed by atoms with Crippen LogP contribution in [0.25, 0.3) is 0 Å². The third kappa shape index (κ3) is 4.92. The molecule has 1 fully saturated rings. The summed E-state index contributed by atoms with van der Waals surface area (Å²) < 4.78 is 27.0. The quantitative estimate of drug-likeness (QED) is 0.650. The van der Waals surface area contributed by atoms with Gasteiger partial charge in [0, 0.05) is 31.9 Å². The van der Waals surface area contributed by atoms with Gasteiger partial charge in [-0.15, -0.1) is 10.2 Å². The zero-order valence-corrected chi connectivity index (χ0v) is 17.6. The molecular formula is C21H24N6O2S. The number of pyridine rings is 1. The molecular weight excluding hydrogens is 400 g/mol. The van der Waals surface area contributed by atoms with Crippen LogP contribution in [0.2, 0.25) is 0 Å². The third-order valence-corrected chi connectivity index (χ3v) is 6.79. The van der Waals surface area contributed by atoms with Gasteiger partial charge in [-0.25, -0.2) is 13.4 Å². The number of aromatic nitrogens is 3. The molecule has 1 aromatic carbocycles. The Morgan fingerprint density at radius 2 is 1.63 bits per heavy atom. The van der Waals surface area contributed by atoms with Crippen molar-refractivity contribution in [3.05, 3.63) is 71.9 Å². The molecule has 0 spiro atoms. The molecule has 3 aromatic rings. The van der Waals surface area contributed by atoms with Crippen molar-refractivity contribution in [1.82, 2.24) is 19.5 Å². The van der Waals surface area contributed by atoms with Crippen molar-refractivity contribution in [3.63, 3.8) is 0 Å². The number of aryl methyl sites for hydroxylation is 1. The van der Waals surface area contributed by atoms with E-state index in [2.05, 4.69) is 25.4 Å². The zero-order chi connectivity index (χ0) is 21.0. The molecule has 0 amide bonds. The summed E-state index contributed by atoms with van der Waals surface area (Å²) in [6, 6.07) is 18.7. The van der Waals surface area contributed by atoms with Gasteiger partial charge in [0.2, 0.25) is 10.0 Å². The Bertz CT molecular complexity index is 1080.